The summed E-state index contributed by atoms with van der Waals surface area (Å²) in [6.07, 6.45) is 5.44. The maximum Gasteiger partial charge on any atom is 0.321 e. The van der Waals surface area contributed by atoms with Crippen molar-refractivity contribution in [3.05, 3.63) is 29.8 Å². The zero-order valence-electron chi connectivity index (χ0n) is 14.0. The Morgan fingerprint density at radius 1 is 1.16 bits per heavy atom. The molecular weight excluding hydrogens is 344 g/mol. The Morgan fingerprint density at radius 3 is 2.28 bits per heavy atom. The highest BCUT2D eigenvalue weighted by Gasteiger charge is 2.26. The van der Waals surface area contributed by atoms with Crippen molar-refractivity contribution in [3.63, 3.8) is 0 Å². The number of hydrogen-bond acceptors (Lipinski definition) is 4. The number of carboxylic acid groups (broad SMARTS) is 1. The van der Waals surface area contributed by atoms with E-state index in [4.69, 9.17) is 10.8 Å². The average Bonchev–Trinajstić information content (AvgIpc) is 2.59. The molecule has 138 valence electrons. The van der Waals surface area contributed by atoms with Crippen molar-refractivity contribution in [3.8, 4) is 0 Å². The molecule has 4 N–H and O–H groups in total. The van der Waals surface area contributed by atoms with E-state index in [1.54, 1.807) is 12.1 Å². The summed E-state index contributed by atoms with van der Waals surface area (Å²) in [5, 5.41) is 9.13. The Labute approximate surface area is 147 Å². The number of primary amides is 1. The number of sulfonamides is 1. The first-order valence-electron chi connectivity index (χ1n) is 8.43. The number of carboxylic acids is 1. The standard InChI is InChI=1S/C17H24N2O5S/c18-16(20)11-10-15(17(21)22)19-25(23,24)14-8-6-13(7-9-14)12-4-2-1-3-5-12/h6-9,12,15,19H,1-5,10-11H2,(H2,18,20)(H,21,22)/t15-/m1/s1. The molecular formula is C17H24N2O5S. The third-order valence-electron chi connectivity index (χ3n) is 4.54. The van der Waals surface area contributed by atoms with Crippen molar-refractivity contribution < 1.29 is 23.1 Å². The highest BCUT2D eigenvalue weighted by atomic mass is 32.2. The van der Waals surface area contributed by atoms with E-state index in [1.165, 1.54) is 31.4 Å². The molecule has 8 heteroatoms. The van der Waals surface area contributed by atoms with Crippen LogP contribution < -0.4 is 10.5 Å². The van der Waals surface area contributed by atoms with Gasteiger partial charge in [-0.3, -0.25) is 9.59 Å². The molecule has 1 atom stereocenters. The molecule has 2 rings (SSSR count). The number of amides is 1. The first-order chi connectivity index (χ1) is 11.8. The van der Waals surface area contributed by atoms with E-state index in [0.29, 0.717) is 5.92 Å². The van der Waals surface area contributed by atoms with Gasteiger partial charge in [-0.05, 0) is 42.9 Å². The Morgan fingerprint density at radius 2 is 1.76 bits per heavy atom. The fourth-order valence-corrected chi connectivity index (χ4v) is 4.35. The normalized spacial score (nSPS) is 17.1. The van der Waals surface area contributed by atoms with Crippen LogP contribution in [0.4, 0.5) is 0 Å². The van der Waals surface area contributed by atoms with Gasteiger partial charge in [0.1, 0.15) is 6.04 Å². The van der Waals surface area contributed by atoms with Gasteiger partial charge < -0.3 is 10.8 Å². The van der Waals surface area contributed by atoms with Gasteiger partial charge in [-0.15, -0.1) is 0 Å². The van der Waals surface area contributed by atoms with E-state index >= 15 is 0 Å². The largest absolute Gasteiger partial charge is 0.480 e. The first-order valence-corrected chi connectivity index (χ1v) is 9.91. The van der Waals surface area contributed by atoms with Gasteiger partial charge in [0.25, 0.3) is 0 Å². The van der Waals surface area contributed by atoms with E-state index in [1.807, 2.05) is 0 Å². The number of aliphatic carboxylic acids is 1. The third-order valence-corrected chi connectivity index (χ3v) is 6.03. The van der Waals surface area contributed by atoms with Gasteiger partial charge in [-0.25, -0.2) is 8.42 Å². The summed E-state index contributed by atoms with van der Waals surface area (Å²) >= 11 is 0. The maximum atomic E-state index is 12.4. The molecule has 0 aromatic heterocycles. The number of nitrogens with two attached hydrogens (primary N) is 1. The van der Waals surface area contributed by atoms with Crippen LogP contribution in [-0.4, -0.2) is 31.4 Å². The van der Waals surface area contributed by atoms with Gasteiger partial charge in [-0.2, -0.15) is 4.72 Å². The summed E-state index contributed by atoms with van der Waals surface area (Å²) in [6.45, 7) is 0. The van der Waals surface area contributed by atoms with Crippen molar-refractivity contribution in [2.24, 2.45) is 5.73 Å². The highest BCUT2D eigenvalue weighted by molar-refractivity contribution is 7.89. The molecule has 25 heavy (non-hydrogen) atoms. The molecule has 0 saturated heterocycles. The number of benzene rings is 1. The van der Waals surface area contributed by atoms with Crippen LogP contribution >= 0.6 is 0 Å². The van der Waals surface area contributed by atoms with Crippen LogP contribution in [0.2, 0.25) is 0 Å². The summed E-state index contributed by atoms with van der Waals surface area (Å²) in [5.74, 6) is -1.56. The summed E-state index contributed by atoms with van der Waals surface area (Å²) in [5.41, 5.74) is 6.11. The van der Waals surface area contributed by atoms with E-state index in [2.05, 4.69) is 4.72 Å². The van der Waals surface area contributed by atoms with Gasteiger partial charge in [0.05, 0.1) is 4.90 Å². The van der Waals surface area contributed by atoms with E-state index in [0.717, 1.165) is 18.4 Å². The number of rotatable bonds is 8. The molecule has 0 radical (unpaired) electrons. The molecule has 1 aliphatic rings. The predicted molar refractivity (Wildman–Crippen MR) is 92.4 cm³/mol. The minimum absolute atomic E-state index is 0.0115. The van der Waals surface area contributed by atoms with Crippen LogP contribution in [0.15, 0.2) is 29.2 Å². The van der Waals surface area contributed by atoms with Gasteiger partial charge in [-0.1, -0.05) is 31.4 Å². The molecule has 1 saturated carbocycles. The second kappa shape index (κ2) is 8.44. The fraction of sp³-hybridized carbons (Fsp3) is 0.529. The summed E-state index contributed by atoms with van der Waals surface area (Å²) in [6, 6.07) is 5.20. The van der Waals surface area contributed by atoms with Crippen LogP contribution in [0.25, 0.3) is 0 Å². The Balaban J connectivity index is 2.09. The van der Waals surface area contributed by atoms with Gasteiger partial charge in [0.2, 0.25) is 15.9 Å². The number of nitrogens with one attached hydrogen (secondary N) is 1. The summed E-state index contributed by atoms with van der Waals surface area (Å²) in [4.78, 5) is 22.0. The smallest absolute Gasteiger partial charge is 0.321 e. The summed E-state index contributed by atoms with van der Waals surface area (Å²) < 4.78 is 26.9. The fourth-order valence-electron chi connectivity index (χ4n) is 3.13. The van der Waals surface area contributed by atoms with Crippen LogP contribution in [0, 0.1) is 0 Å². The maximum absolute atomic E-state index is 12.4. The van der Waals surface area contributed by atoms with Crippen LogP contribution in [0.5, 0.6) is 0 Å². The monoisotopic (exact) mass is 368 g/mol. The van der Waals surface area contributed by atoms with Crippen molar-refractivity contribution in [2.75, 3.05) is 0 Å². The van der Waals surface area contributed by atoms with Gasteiger partial charge in [0.15, 0.2) is 0 Å². The molecule has 7 nitrogen and oxygen atoms in total. The molecule has 0 heterocycles. The second-order valence-electron chi connectivity index (χ2n) is 6.42. The average molecular weight is 368 g/mol. The third kappa shape index (κ3) is 5.54. The van der Waals surface area contributed by atoms with Crippen molar-refractivity contribution >= 4 is 21.9 Å². The van der Waals surface area contributed by atoms with Crippen LogP contribution in [-0.2, 0) is 19.6 Å². The molecule has 0 bridgehead atoms. The molecule has 1 aromatic rings. The number of carbonyl (C=O) groups is 2. The molecule has 1 aliphatic carbocycles. The highest BCUT2D eigenvalue weighted by Crippen LogP contribution is 2.32. The number of hydrogen-bond donors (Lipinski definition) is 3. The lowest BCUT2D eigenvalue weighted by atomic mass is 9.84. The molecule has 1 amide bonds. The second-order valence-corrected chi connectivity index (χ2v) is 8.14. The molecule has 1 aromatic carbocycles. The zero-order valence-corrected chi connectivity index (χ0v) is 14.8. The topological polar surface area (TPSA) is 127 Å². The zero-order chi connectivity index (χ0) is 18.4. The minimum Gasteiger partial charge on any atom is -0.480 e. The Bertz CT molecular complexity index is 709. The quantitative estimate of drug-likeness (QED) is 0.644. The van der Waals surface area contributed by atoms with Crippen molar-refractivity contribution in [2.45, 2.75) is 61.8 Å². The minimum atomic E-state index is -3.98. The van der Waals surface area contributed by atoms with Gasteiger partial charge in [0, 0.05) is 6.42 Å². The lowest BCUT2D eigenvalue weighted by Crippen LogP contribution is -2.41. The summed E-state index contributed by atoms with van der Waals surface area (Å²) in [7, 11) is -3.98. The molecule has 0 aliphatic heterocycles. The lowest BCUT2D eigenvalue weighted by molar-refractivity contribution is -0.139. The molecule has 0 spiro atoms. The lowest BCUT2D eigenvalue weighted by Gasteiger charge is -2.22. The number of carbonyl (C=O) groups excluding carboxylic acids is 1. The van der Waals surface area contributed by atoms with E-state index in [-0.39, 0.29) is 17.7 Å². The SMILES string of the molecule is NC(=O)CC[C@@H](NS(=O)(=O)c1ccc(C2CCCCC2)cc1)C(=O)O. The first kappa shape index (κ1) is 19.4. The van der Waals surface area contributed by atoms with Gasteiger partial charge >= 0.3 is 5.97 Å². The van der Waals surface area contributed by atoms with Crippen LogP contribution in [0.3, 0.4) is 0 Å². The predicted octanol–water partition coefficient (Wildman–Crippen LogP) is 1.73. The molecule has 0 unspecified atom stereocenters. The van der Waals surface area contributed by atoms with Crippen molar-refractivity contribution in [1.29, 1.82) is 0 Å². The Kier molecular flexibility index (Phi) is 6.55. The van der Waals surface area contributed by atoms with Crippen LogP contribution in [0.1, 0.15) is 56.4 Å². The van der Waals surface area contributed by atoms with E-state index in [9.17, 15) is 18.0 Å². The van der Waals surface area contributed by atoms with E-state index < -0.39 is 27.9 Å². The molecule has 1 fully saturated rings. The van der Waals surface area contributed by atoms with Crippen molar-refractivity contribution in [1.82, 2.24) is 4.72 Å². The Hall–Kier alpha value is -1.93.